The maximum Gasteiger partial charge on any atom is 0.404 e. The fourth-order valence-corrected chi connectivity index (χ4v) is 1.96. The molecule has 0 aromatic rings. The lowest BCUT2D eigenvalue weighted by Crippen LogP contribution is -2.46. The van der Waals surface area contributed by atoms with Crippen molar-refractivity contribution in [2.45, 2.75) is 31.7 Å². The van der Waals surface area contributed by atoms with E-state index in [1.165, 1.54) is 0 Å². The van der Waals surface area contributed by atoms with E-state index in [0.29, 0.717) is 44.7 Å². The van der Waals surface area contributed by atoms with Gasteiger partial charge in [-0.2, -0.15) is 0 Å². The van der Waals surface area contributed by atoms with Crippen molar-refractivity contribution in [3.8, 4) is 0 Å². The van der Waals surface area contributed by atoms with Crippen LogP contribution in [0.25, 0.3) is 0 Å². The Balaban J connectivity index is 2.25. The minimum Gasteiger partial charge on any atom is -0.465 e. The molecular formula is C10H17ClN2O3. The number of amides is 2. The first kappa shape index (κ1) is 13.1. The summed E-state index contributed by atoms with van der Waals surface area (Å²) in [6, 6.07) is -0.0189. The fraction of sp³-hybridized carbons (Fsp3) is 0.800. The van der Waals surface area contributed by atoms with Gasteiger partial charge in [0, 0.05) is 31.4 Å². The van der Waals surface area contributed by atoms with Gasteiger partial charge in [0.1, 0.15) is 0 Å². The van der Waals surface area contributed by atoms with Gasteiger partial charge in [0.15, 0.2) is 0 Å². The molecule has 92 valence electrons. The minimum absolute atomic E-state index is 0.0189. The molecule has 0 aliphatic carbocycles. The van der Waals surface area contributed by atoms with Crippen LogP contribution in [0.1, 0.15) is 25.7 Å². The molecule has 0 bridgehead atoms. The highest BCUT2D eigenvalue weighted by Crippen LogP contribution is 2.12. The van der Waals surface area contributed by atoms with Crippen LogP contribution in [-0.2, 0) is 4.79 Å². The van der Waals surface area contributed by atoms with Gasteiger partial charge >= 0.3 is 6.09 Å². The molecule has 6 heteroatoms. The molecule has 1 aliphatic rings. The number of hydrogen-bond acceptors (Lipinski definition) is 2. The summed E-state index contributed by atoms with van der Waals surface area (Å²) < 4.78 is 0. The zero-order chi connectivity index (χ0) is 12.0. The lowest BCUT2D eigenvalue weighted by Gasteiger charge is -2.31. The largest absolute Gasteiger partial charge is 0.465 e. The van der Waals surface area contributed by atoms with Gasteiger partial charge in [0.05, 0.1) is 0 Å². The van der Waals surface area contributed by atoms with Crippen LogP contribution in [0.15, 0.2) is 0 Å². The quantitative estimate of drug-likeness (QED) is 0.736. The lowest BCUT2D eigenvalue weighted by molar-refractivity contribution is -0.132. The van der Waals surface area contributed by atoms with Crippen LogP contribution in [0, 0.1) is 0 Å². The van der Waals surface area contributed by atoms with E-state index in [1.807, 2.05) is 0 Å². The van der Waals surface area contributed by atoms with E-state index in [-0.39, 0.29) is 11.9 Å². The van der Waals surface area contributed by atoms with E-state index in [9.17, 15) is 9.59 Å². The van der Waals surface area contributed by atoms with Crippen LogP contribution in [0.4, 0.5) is 4.79 Å². The number of nitrogens with zero attached hydrogens (tertiary/aromatic N) is 1. The van der Waals surface area contributed by atoms with Crippen molar-refractivity contribution in [2.75, 3.05) is 19.0 Å². The standard InChI is InChI=1S/C10H17ClN2O3/c11-5-1-2-9(14)13-6-3-8(4-7-13)12-10(15)16/h8,12H,1-7H2,(H,15,16). The van der Waals surface area contributed by atoms with Crippen molar-refractivity contribution in [2.24, 2.45) is 0 Å². The number of piperidine rings is 1. The van der Waals surface area contributed by atoms with E-state index in [0.717, 1.165) is 0 Å². The summed E-state index contributed by atoms with van der Waals surface area (Å²) in [5.41, 5.74) is 0. The van der Waals surface area contributed by atoms with Gasteiger partial charge in [-0.1, -0.05) is 0 Å². The number of rotatable bonds is 4. The molecule has 0 aromatic heterocycles. The molecule has 1 aliphatic heterocycles. The fourth-order valence-electron chi connectivity index (χ4n) is 1.82. The average molecular weight is 249 g/mol. The molecule has 0 aromatic carbocycles. The van der Waals surface area contributed by atoms with E-state index < -0.39 is 6.09 Å². The smallest absolute Gasteiger partial charge is 0.404 e. The maximum absolute atomic E-state index is 11.6. The molecule has 1 fully saturated rings. The number of halogens is 1. The summed E-state index contributed by atoms with van der Waals surface area (Å²) in [6.45, 7) is 1.26. The van der Waals surface area contributed by atoms with Crippen LogP contribution in [0.5, 0.6) is 0 Å². The Kier molecular flexibility index (Phi) is 5.38. The number of alkyl halides is 1. The van der Waals surface area contributed by atoms with Crippen molar-refractivity contribution in [1.82, 2.24) is 10.2 Å². The second-order valence-corrected chi connectivity index (χ2v) is 4.28. The summed E-state index contributed by atoms with van der Waals surface area (Å²) in [5, 5.41) is 11.0. The van der Waals surface area contributed by atoms with E-state index in [4.69, 9.17) is 16.7 Å². The Morgan fingerprint density at radius 1 is 1.38 bits per heavy atom. The predicted octanol–water partition coefficient (Wildman–Crippen LogP) is 1.26. The van der Waals surface area contributed by atoms with E-state index in [1.54, 1.807) is 4.90 Å². The molecule has 1 heterocycles. The van der Waals surface area contributed by atoms with Crippen molar-refractivity contribution in [3.63, 3.8) is 0 Å². The van der Waals surface area contributed by atoms with Crippen molar-refractivity contribution in [1.29, 1.82) is 0 Å². The third-order valence-electron chi connectivity index (χ3n) is 2.70. The molecule has 0 unspecified atom stereocenters. The summed E-state index contributed by atoms with van der Waals surface area (Å²) in [6.07, 6.45) is 1.58. The molecule has 2 amide bonds. The van der Waals surface area contributed by atoms with Crippen molar-refractivity contribution < 1.29 is 14.7 Å². The summed E-state index contributed by atoms with van der Waals surface area (Å²) in [4.78, 5) is 23.8. The minimum atomic E-state index is -0.994. The third-order valence-corrected chi connectivity index (χ3v) is 2.97. The van der Waals surface area contributed by atoms with Crippen LogP contribution < -0.4 is 5.32 Å². The number of carbonyl (C=O) groups excluding carboxylic acids is 1. The topological polar surface area (TPSA) is 69.6 Å². The van der Waals surface area contributed by atoms with Crippen LogP contribution in [-0.4, -0.2) is 47.0 Å². The van der Waals surface area contributed by atoms with Gasteiger partial charge < -0.3 is 15.3 Å². The van der Waals surface area contributed by atoms with Gasteiger partial charge in [-0.05, 0) is 19.3 Å². The molecule has 0 atom stereocenters. The Hall–Kier alpha value is -0.970. The molecule has 0 saturated carbocycles. The first-order chi connectivity index (χ1) is 7.63. The highest BCUT2D eigenvalue weighted by Gasteiger charge is 2.23. The SMILES string of the molecule is O=C(O)NC1CCN(C(=O)CCCCl)CC1. The zero-order valence-corrected chi connectivity index (χ0v) is 9.87. The van der Waals surface area contributed by atoms with Gasteiger partial charge in [0.25, 0.3) is 0 Å². The second kappa shape index (κ2) is 6.58. The van der Waals surface area contributed by atoms with Crippen LogP contribution in [0.3, 0.4) is 0 Å². The van der Waals surface area contributed by atoms with Gasteiger partial charge in [-0.3, -0.25) is 4.79 Å². The molecule has 0 spiro atoms. The van der Waals surface area contributed by atoms with Crippen molar-refractivity contribution in [3.05, 3.63) is 0 Å². The monoisotopic (exact) mass is 248 g/mol. The van der Waals surface area contributed by atoms with Gasteiger partial charge in [-0.25, -0.2) is 4.79 Å². The third kappa shape index (κ3) is 4.26. The predicted molar refractivity (Wildman–Crippen MR) is 60.7 cm³/mol. The number of nitrogens with one attached hydrogen (secondary N) is 1. The Morgan fingerprint density at radius 2 is 2.00 bits per heavy atom. The molecule has 1 saturated heterocycles. The Morgan fingerprint density at radius 3 is 2.50 bits per heavy atom. The molecule has 2 N–H and O–H groups in total. The zero-order valence-electron chi connectivity index (χ0n) is 9.12. The highest BCUT2D eigenvalue weighted by molar-refractivity contribution is 6.17. The van der Waals surface area contributed by atoms with E-state index in [2.05, 4.69) is 5.32 Å². The van der Waals surface area contributed by atoms with E-state index >= 15 is 0 Å². The highest BCUT2D eigenvalue weighted by atomic mass is 35.5. The number of likely N-dealkylation sites (tertiary alicyclic amines) is 1. The maximum atomic E-state index is 11.6. The van der Waals surface area contributed by atoms with Gasteiger partial charge in [-0.15, -0.1) is 11.6 Å². The number of hydrogen-bond donors (Lipinski definition) is 2. The van der Waals surface area contributed by atoms with Gasteiger partial charge in [0.2, 0.25) is 5.91 Å². The first-order valence-electron chi connectivity index (χ1n) is 5.46. The first-order valence-corrected chi connectivity index (χ1v) is 6.00. The molecule has 16 heavy (non-hydrogen) atoms. The Bertz CT molecular complexity index is 252. The van der Waals surface area contributed by atoms with Crippen LogP contribution >= 0.6 is 11.6 Å². The molecule has 5 nitrogen and oxygen atoms in total. The lowest BCUT2D eigenvalue weighted by atomic mass is 10.0. The van der Waals surface area contributed by atoms with Crippen LogP contribution in [0.2, 0.25) is 0 Å². The molecular weight excluding hydrogens is 232 g/mol. The summed E-state index contributed by atoms with van der Waals surface area (Å²) in [5.74, 6) is 0.623. The average Bonchev–Trinajstić information content (AvgIpc) is 2.26. The Labute approximate surface area is 99.7 Å². The summed E-state index contributed by atoms with van der Waals surface area (Å²) in [7, 11) is 0. The molecule has 1 rings (SSSR count). The number of carbonyl (C=O) groups is 2. The number of carboxylic acid groups (broad SMARTS) is 1. The normalized spacial score (nSPS) is 17.2. The second-order valence-electron chi connectivity index (χ2n) is 3.90. The van der Waals surface area contributed by atoms with Crippen molar-refractivity contribution >= 4 is 23.6 Å². The summed E-state index contributed by atoms with van der Waals surface area (Å²) >= 11 is 5.52. The molecule has 0 radical (unpaired) electrons.